The maximum Gasteiger partial charge on any atom is 0.161 e. The third-order valence-electron chi connectivity index (χ3n) is 3.86. The van der Waals surface area contributed by atoms with Gasteiger partial charge < -0.3 is 10.6 Å². The number of nitrogens with zero attached hydrogens (tertiary/aromatic N) is 1. The highest BCUT2D eigenvalue weighted by Crippen LogP contribution is 2.34. The van der Waals surface area contributed by atoms with Crippen molar-refractivity contribution in [3.8, 4) is 0 Å². The lowest BCUT2D eigenvalue weighted by Crippen LogP contribution is -2.23. The van der Waals surface area contributed by atoms with Crippen LogP contribution in [0.3, 0.4) is 0 Å². The zero-order chi connectivity index (χ0) is 14.2. The van der Waals surface area contributed by atoms with Gasteiger partial charge in [0.2, 0.25) is 0 Å². The second-order valence-corrected chi connectivity index (χ2v) is 6.21. The van der Waals surface area contributed by atoms with Crippen molar-refractivity contribution in [3.05, 3.63) is 28.0 Å². The fourth-order valence-corrected chi connectivity index (χ4v) is 3.09. The molecule has 1 heterocycles. The van der Waals surface area contributed by atoms with Gasteiger partial charge in [-0.1, -0.05) is 13.8 Å². The molecule has 1 atom stereocenters. The van der Waals surface area contributed by atoms with Crippen molar-refractivity contribution in [2.75, 3.05) is 18.0 Å². The van der Waals surface area contributed by atoms with Crippen LogP contribution in [0.15, 0.2) is 16.6 Å². The van der Waals surface area contributed by atoms with E-state index in [1.807, 2.05) is 0 Å². The van der Waals surface area contributed by atoms with Crippen molar-refractivity contribution in [3.63, 3.8) is 0 Å². The first-order valence-corrected chi connectivity index (χ1v) is 7.28. The molecule has 0 radical (unpaired) electrons. The molecule has 0 spiro atoms. The first-order valence-electron chi connectivity index (χ1n) is 6.49. The van der Waals surface area contributed by atoms with E-state index >= 15 is 0 Å². The number of benzene rings is 1. The van der Waals surface area contributed by atoms with Gasteiger partial charge in [0, 0.05) is 18.7 Å². The molecule has 104 valence electrons. The molecule has 0 amide bonds. The van der Waals surface area contributed by atoms with E-state index in [1.165, 1.54) is 0 Å². The highest BCUT2D eigenvalue weighted by Gasteiger charge is 2.27. The number of halogens is 2. The van der Waals surface area contributed by atoms with Gasteiger partial charge in [0.15, 0.2) is 5.82 Å². The van der Waals surface area contributed by atoms with E-state index in [4.69, 9.17) is 11.1 Å². The molecule has 19 heavy (non-hydrogen) atoms. The van der Waals surface area contributed by atoms with Crippen molar-refractivity contribution in [1.29, 1.82) is 5.41 Å². The predicted octanol–water partition coefficient (Wildman–Crippen LogP) is 3.35. The van der Waals surface area contributed by atoms with Gasteiger partial charge >= 0.3 is 0 Å². The summed E-state index contributed by atoms with van der Waals surface area (Å²) in [4.78, 5) is 2.08. The molecule has 3 nitrogen and oxygen atoms in total. The fourth-order valence-electron chi connectivity index (χ4n) is 2.54. The summed E-state index contributed by atoms with van der Waals surface area (Å²) in [5.41, 5.74) is 6.42. The first kappa shape index (κ1) is 14.3. The summed E-state index contributed by atoms with van der Waals surface area (Å²) in [6.07, 6.45) is 1.10. The number of anilines is 1. The Morgan fingerprint density at radius 3 is 2.74 bits per heavy atom. The Balaban J connectivity index is 2.28. The lowest BCUT2D eigenvalue weighted by molar-refractivity contribution is 0.422. The number of rotatable bonds is 3. The Hall–Kier alpha value is -1.10. The van der Waals surface area contributed by atoms with E-state index in [0.29, 0.717) is 23.1 Å². The zero-order valence-electron chi connectivity index (χ0n) is 11.2. The van der Waals surface area contributed by atoms with Crippen LogP contribution in [0, 0.1) is 23.1 Å². The van der Waals surface area contributed by atoms with Gasteiger partial charge in [-0.15, -0.1) is 0 Å². The fraction of sp³-hybridized carbons (Fsp3) is 0.500. The minimum atomic E-state index is -0.322. The molecule has 1 aliphatic rings. The van der Waals surface area contributed by atoms with Crippen LogP contribution < -0.4 is 10.6 Å². The lowest BCUT2D eigenvalue weighted by atomic mass is 9.95. The number of amidine groups is 1. The monoisotopic (exact) mass is 327 g/mol. The molecule has 1 unspecified atom stereocenters. The molecule has 2 rings (SSSR count). The smallest absolute Gasteiger partial charge is 0.161 e. The molecule has 1 fully saturated rings. The second-order valence-electron chi connectivity index (χ2n) is 5.41. The molecule has 1 aliphatic heterocycles. The summed E-state index contributed by atoms with van der Waals surface area (Å²) >= 11 is 3.20. The molecular formula is C14H19BrFN3. The first-order chi connectivity index (χ1) is 8.91. The normalized spacial score (nSPS) is 19.2. The molecular weight excluding hydrogens is 309 g/mol. The van der Waals surface area contributed by atoms with Gasteiger partial charge in [0.1, 0.15) is 5.84 Å². The van der Waals surface area contributed by atoms with E-state index in [0.717, 1.165) is 19.5 Å². The molecule has 0 bridgehead atoms. The summed E-state index contributed by atoms with van der Waals surface area (Å²) in [5, 5.41) is 7.41. The average Bonchev–Trinajstić information content (AvgIpc) is 2.81. The number of nitrogen functional groups attached to an aromatic ring is 1. The van der Waals surface area contributed by atoms with E-state index in [1.54, 1.807) is 12.1 Å². The molecule has 0 aliphatic carbocycles. The third-order valence-corrected chi connectivity index (χ3v) is 4.64. The van der Waals surface area contributed by atoms with Crippen molar-refractivity contribution in [2.45, 2.75) is 20.3 Å². The van der Waals surface area contributed by atoms with Crippen LogP contribution in [0.25, 0.3) is 0 Å². The average molecular weight is 328 g/mol. The predicted molar refractivity (Wildman–Crippen MR) is 80.3 cm³/mol. The van der Waals surface area contributed by atoms with E-state index in [9.17, 15) is 4.39 Å². The summed E-state index contributed by atoms with van der Waals surface area (Å²) in [6.45, 7) is 6.19. The van der Waals surface area contributed by atoms with Crippen LogP contribution in [0.1, 0.15) is 25.8 Å². The molecule has 3 N–H and O–H groups in total. The minimum Gasteiger partial charge on any atom is -0.384 e. The third kappa shape index (κ3) is 2.76. The van der Waals surface area contributed by atoms with Crippen LogP contribution in [-0.2, 0) is 0 Å². The maximum atomic E-state index is 14.4. The van der Waals surface area contributed by atoms with Crippen molar-refractivity contribution in [1.82, 2.24) is 0 Å². The molecule has 1 aromatic carbocycles. The van der Waals surface area contributed by atoms with Gasteiger partial charge in [0.25, 0.3) is 0 Å². The minimum absolute atomic E-state index is 0.126. The second kappa shape index (κ2) is 5.49. The van der Waals surface area contributed by atoms with Crippen LogP contribution in [-0.4, -0.2) is 18.9 Å². The van der Waals surface area contributed by atoms with Gasteiger partial charge in [-0.05, 0) is 46.3 Å². The van der Waals surface area contributed by atoms with Gasteiger partial charge in [-0.2, -0.15) is 0 Å². The lowest BCUT2D eigenvalue weighted by Gasteiger charge is -2.21. The zero-order valence-corrected chi connectivity index (χ0v) is 12.8. The number of nitrogens with one attached hydrogen (secondary N) is 1. The summed E-state index contributed by atoms with van der Waals surface area (Å²) in [5.74, 6) is 0.787. The summed E-state index contributed by atoms with van der Waals surface area (Å²) in [7, 11) is 0. The number of hydrogen-bond acceptors (Lipinski definition) is 2. The number of nitrogens with two attached hydrogens (primary N) is 1. The topological polar surface area (TPSA) is 53.1 Å². The Morgan fingerprint density at radius 2 is 2.21 bits per heavy atom. The van der Waals surface area contributed by atoms with Crippen LogP contribution in [0.5, 0.6) is 0 Å². The van der Waals surface area contributed by atoms with Crippen molar-refractivity contribution in [2.24, 2.45) is 17.6 Å². The van der Waals surface area contributed by atoms with Gasteiger partial charge in [-0.3, -0.25) is 5.41 Å². The Morgan fingerprint density at radius 1 is 1.53 bits per heavy atom. The summed E-state index contributed by atoms with van der Waals surface area (Å²) in [6, 6.07) is 3.42. The molecule has 0 saturated carbocycles. The van der Waals surface area contributed by atoms with E-state index < -0.39 is 0 Å². The molecule has 1 saturated heterocycles. The van der Waals surface area contributed by atoms with Gasteiger partial charge in [0.05, 0.1) is 10.2 Å². The molecule has 0 aromatic heterocycles. The van der Waals surface area contributed by atoms with Crippen molar-refractivity contribution < 1.29 is 4.39 Å². The highest BCUT2D eigenvalue weighted by molar-refractivity contribution is 9.10. The Bertz CT molecular complexity index is 502. The summed E-state index contributed by atoms with van der Waals surface area (Å²) < 4.78 is 14.6. The highest BCUT2D eigenvalue weighted by atomic mass is 79.9. The molecule has 1 aromatic rings. The quantitative estimate of drug-likeness (QED) is 0.660. The Labute approximate surface area is 121 Å². The Kier molecular flexibility index (Phi) is 4.13. The van der Waals surface area contributed by atoms with Crippen LogP contribution >= 0.6 is 15.9 Å². The van der Waals surface area contributed by atoms with E-state index in [2.05, 4.69) is 34.7 Å². The van der Waals surface area contributed by atoms with Crippen LogP contribution in [0.2, 0.25) is 0 Å². The standard InChI is InChI=1S/C14H19BrFN3/c1-8(2)9-5-6-19(7-9)11-4-3-10(14(17)18)12(15)13(11)16/h3-4,8-9H,5-7H2,1-2H3,(H3,17,18). The number of hydrogen-bond donors (Lipinski definition) is 2. The van der Waals surface area contributed by atoms with Gasteiger partial charge in [-0.25, -0.2) is 4.39 Å². The van der Waals surface area contributed by atoms with E-state index in [-0.39, 0.29) is 16.1 Å². The van der Waals surface area contributed by atoms with Crippen molar-refractivity contribution >= 4 is 27.5 Å². The largest absolute Gasteiger partial charge is 0.384 e. The maximum absolute atomic E-state index is 14.4. The van der Waals surface area contributed by atoms with Crippen LogP contribution in [0.4, 0.5) is 10.1 Å². The molecule has 5 heteroatoms. The SMILES string of the molecule is CC(C)C1CCN(c2ccc(C(=N)N)c(Br)c2F)C1.